The van der Waals surface area contributed by atoms with Gasteiger partial charge in [0.05, 0.1) is 4.90 Å². The van der Waals surface area contributed by atoms with E-state index in [1.54, 1.807) is 19.9 Å². The third-order valence-electron chi connectivity index (χ3n) is 3.52. The minimum Gasteiger partial charge on any atom is -0.282 e. The number of halogens is 2. The zero-order valence-electron chi connectivity index (χ0n) is 10.1. The van der Waals surface area contributed by atoms with E-state index in [-0.39, 0.29) is 17.7 Å². The number of aryl methyl sites for hydroxylation is 1. The summed E-state index contributed by atoms with van der Waals surface area (Å²) in [5, 5.41) is 0. The van der Waals surface area contributed by atoms with Crippen LogP contribution in [0.15, 0.2) is 17.0 Å². The zero-order chi connectivity index (χ0) is 13.7. The van der Waals surface area contributed by atoms with Crippen LogP contribution in [0, 0.1) is 13.8 Å². The first-order valence-corrected chi connectivity index (χ1v) is 7.01. The van der Waals surface area contributed by atoms with Crippen molar-refractivity contribution in [2.45, 2.75) is 43.4 Å². The summed E-state index contributed by atoms with van der Waals surface area (Å²) < 4.78 is 57.6. The maximum absolute atomic E-state index is 12.9. The molecule has 1 aromatic rings. The first-order valence-electron chi connectivity index (χ1n) is 5.57. The summed E-state index contributed by atoms with van der Waals surface area (Å²) in [5.74, 6) is -3.23. The molecule has 1 N–H and O–H groups in total. The lowest BCUT2D eigenvalue weighted by molar-refractivity contribution is -0.0874. The molecule has 1 aliphatic carbocycles. The van der Waals surface area contributed by atoms with Crippen LogP contribution in [0.5, 0.6) is 0 Å². The molecular formula is C12H14F2O3S. The van der Waals surface area contributed by atoms with Gasteiger partial charge in [-0.2, -0.15) is 8.42 Å². The maximum atomic E-state index is 12.9. The van der Waals surface area contributed by atoms with Crippen LogP contribution in [0.25, 0.3) is 0 Å². The monoisotopic (exact) mass is 276 g/mol. The highest BCUT2D eigenvalue weighted by atomic mass is 32.2. The van der Waals surface area contributed by atoms with Crippen LogP contribution in [0.1, 0.15) is 35.4 Å². The van der Waals surface area contributed by atoms with Crippen LogP contribution in [-0.2, 0) is 10.1 Å². The molecule has 0 heterocycles. The Bertz CT molecular complexity index is 586. The van der Waals surface area contributed by atoms with Crippen LogP contribution in [0.2, 0.25) is 0 Å². The molecule has 3 nitrogen and oxygen atoms in total. The van der Waals surface area contributed by atoms with Gasteiger partial charge in [0.15, 0.2) is 0 Å². The first kappa shape index (κ1) is 13.4. The van der Waals surface area contributed by atoms with E-state index in [4.69, 9.17) is 4.55 Å². The highest BCUT2D eigenvalue weighted by molar-refractivity contribution is 7.85. The summed E-state index contributed by atoms with van der Waals surface area (Å²) in [6.07, 6.45) is -0.723. The highest BCUT2D eigenvalue weighted by Crippen LogP contribution is 2.50. The van der Waals surface area contributed by atoms with Crippen molar-refractivity contribution in [3.63, 3.8) is 0 Å². The third-order valence-corrected chi connectivity index (χ3v) is 4.43. The van der Waals surface area contributed by atoms with Gasteiger partial charge in [0.1, 0.15) is 0 Å². The van der Waals surface area contributed by atoms with E-state index in [0.29, 0.717) is 11.1 Å². The summed E-state index contributed by atoms with van der Waals surface area (Å²) in [6.45, 7) is 3.47. The van der Waals surface area contributed by atoms with E-state index in [9.17, 15) is 17.2 Å². The predicted octanol–water partition coefficient (Wildman–Crippen LogP) is 3.06. The Kier molecular flexibility index (Phi) is 2.98. The molecule has 1 aliphatic rings. The number of hydrogen-bond donors (Lipinski definition) is 1. The van der Waals surface area contributed by atoms with Gasteiger partial charge in [-0.1, -0.05) is 6.07 Å². The van der Waals surface area contributed by atoms with E-state index >= 15 is 0 Å². The molecule has 0 aliphatic heterocycles. The lowest BCUT2D eigenvalue weighted by atomic mass is 9.75. The molecule has 0 bridgehead atoms. The molecule has 0 unspecified atom stereocenters. The van der Waals surface area contributed by atoms with Gasteiger partial charge in [-0.15, -0.1) is 0 Å². The molecule has 0 radical (unpaired) electrons. The van der Waals surface area contributed by atoms with E-state index in [1.165, 1.54) is 6.07 Å². The van der Waals surface area contributed by atoms with Gasteiger partial charge in [-0.25, -0.2) is 8.78 Å². The standard InChI is InChI=1S/C12H14F2O3S/c1-7-3-4-10(18(15,16)17)11(8(7)2)9-5-12(13,14)6-9/h3-4,9H,5-6H2,1-2H3,(H,15,16,17). The molecule has 0 saturated heterocycles. The van der Waals surface area contributed by atoms with Crippen molar-refractivity contribution < 1.29 is 21.8 Å². The van der Waals surface area contributed by atoms with Crippen molar-refractivity contribution in [1.29, 1.82) is 0 Å². The molecular weight excluding hydrogens is 262 g/mol. The summed E-state index contributed by atoms with van der Waals surface area (Å²) in [4.78, 5) is -0.244. The topological polar surface area (TPSA) is 54.4 Å². The summed E-state index contributed by atoms with van der Waals surface area (Å²) in [5.41, 5.74) is 1.82. The molecule has 0 spiro atoms. The number of rotatable bonds is 2. The Morgan fingerprint density at radius 2 is 1.83 bits per heavy atom. The van der Waals surface area contributed by atoms with Crippen LogP contribution < -0.4 is 0 Å². The number of hydrogen-bond acceptors (Lipinski definition) is 2. The van der Waals surface area contributed by atoms with Crippen molar-refractivity contribution in [3.8, 4) is 0 Å². The van der Waals surface area contributed by atoms with Crippen LogP contribution in [0.3, 0.4) is 0 Å². The lowest BCUT2D eigenvalue weighted by Crippen LogP contribution is -2.35. The molecule has 1 aromatic carbocycles. The highest BCUT2D eigenvalue weighted by Gasteiger charge is 2.47. The fourth-order valence-electron chi connectivity index (χ4n) is 2.41. The third kappa shape index (κ3) is 2.27. The Hall–Kier alpha value is -1.01. The summed E-state index contributed by atoms with van der Waals surface area (Å²) in [6, 6.07) is 2.85. The molecule has 0 atom stereocenters. The maximum Gasteiger partial charge on any atom is 0.294 e. The fourth-order valence-corrected chi connectivity index (χ4v) is 3.25. The molecule has 0 amide bonds. The average molecular weight is 276 g/mol. The molecule has 0 aromatic heterocycles. The van der Waals surface area contributed by atoms with Crippen molar-refractivity contribution in [3.05, 3.63) is 28.8 Å². The van der Waals surface area contributed by atoms with Crippen molar-refractivity contribution >= 4 is 10.1 Å². The Balaban J connectivity index is 2.54. The predicted molar refractivity (Wildman–Crippen MR) is 62.7 cm³/mol. The summed E-state index contributed by atoms with van der Waals surface area (Å²) in [7, 11) is -4.38. The molecule has 6 heteroatoms. The molecule has 18 heavy (non-hydrogen) atoms. The largest absolute Gasteiger partial charge is 0.294 e. The van der Waals surface area contributed by atoms with Gasteiger partial charge in [-0.3, -0.25) is 4.55 Å². The normalized spacial score (nSPS) is 19.6. The lowest BCUT2D eigenvalue weighted by Gasteiger charge is -2.37. The minimum absolute atomic E-state index is 0.244. The molecule has 1 fully saturated rings. The number of benzene rings is 1. The van der Waals surface area contributed by atoms with E-state index < -0.39 is 22.0 Å². The van der Waals surface area contributed by atoms with Crippen molar-refractivity contribution in [2.24, 2.45) is 0 Å². The smallest absolute Gasteiger partial charge is 0.282 e. The zero-order valence-corrected chi connectivity index (χ0v) is 10.9. The Morgan fingerprint density at radius 1 is 1.28 bits per heavy atom. The van der Waals surface area contributed by atoms with Gasteiger partial charge in [0.2, 0.25) is 5.92 Å². The van der Waals surface area contributed by atoms with E-state index in [2.05, 4.69) is 0 Å². The van der Waals surface area contributed by atoms with E-state index in [1.807, 2.05) is 0 Å². The van der Waals surface area contributed by atoms with Crippen LogP contribution in [0.4, 0.5) is 8.78 Å². The quantitative estimate of drug-likeness (QED) is 0.845. The van der Waals surface area contributed by atoms with Crippen LogP contribution >= 0.6 is 0 Å². The van der Waals surface area contributed by atoms with Gasteiger partial charge >= 0.3 is 0 Å². The van der Waals surface area contributed by atoms with Gasteiger partial charge < -0.3 is 0 Å². The minimum atomic E-state index is -4.38. The average Bonchev–Trinajstić information content (AvgIpc) is 2.16. The summed E-state index contributed by atoms with van der Waals surface area (Å²) >= 11 is 0. The Labute approximate surface area is 105 Å². The van der Waals surface area contributed by atoms with Gasteiger partial charge in [0, 0.05) is 12.8 Å². The van der Waals surface area contributed by atoms with E-state index in [0.717, 1.165) is 5.56 Å². The second kappa shape index (κ2) is 3.99. The van der Waals surface area contributed by atoms with Crippen molar-refractivity contribution in [1.82, 2.24) is 0 Å². The second-order valence-corrected chi connectivity index (χ2v) is 6.25. The van der Waals surface area contributed by atoms with Gasteiger partial charge in [-0.05, 0) is 42.5 Å². The number of alkyl halides is 2. The second-order valence-electron chi connectivity index (χ2n) is 4.86. The molecule has 2 rings (SSSR count). The first-order chi connectivity index (χ1) is 8.12. The SMILES string of the molecule is Cc1ccc(S(=O)(=O)O)c(C2CC(F)(F)C2)c1C. The van der Waals surface area contributed by atoms with Crippen molar-refractivity contribution in [2.75, 3.05) is 0 Å². The molecule has 100 valence electrons. The fraction of sp³-hybridized carbons (Fsp3) is 0.500. The Morgan fingerprint density at radius 3 is 2.28 bits per heavy atom. The molecule has 1 saturated carbocycles. The van der Waals surface area contributed by atoms with Crippen LogP contribution in [-0.4, -0.2) is 18.9 Å². The van der Waals surface area contributed by atoms with Gasteiger partial charge in [0.25, 0.3) is 10.1 Å².